The van der Waals surface area contributed by atoms with E-state index in [0.717, 1.165) is 47.3 Å². The lowest BCUT2D eigenvalue weighted by atomic mass is 9.99. The topological polar surface area (TPSA) is 109 Å². The Bertz CT molecular complexity index is 1720. The van der Waals surface area contributed by atoms with E-state index < -0.39 is 21.0 Å². The molecule has 2 aromatic carbocycles. The second-order valence-corrected chi connectivity index (χ2v) is 13.3. The minimum Gasteiger partial charge on any atom is -0.493 e. The first kappa shape index (κ1) is 26.9. The number of benzene rings is 2. The van der Waals surface area contributed by atoms with Crippen molar-refractivity contribution in [2.45, 2.75) is 57.7 Å². The third kappa shape index (κ3) is 5.12. The number of hydrogen-bond acceptors (Lipinski definition) is 8. The van der Waals surface area contributed by atoms with Gasteiger partial charge in [-0.2, -0.15) is 3.97 Å². The van der Waals surface area contributed by atoms with Crippen molar-refractivity contribution in [1.82, 2.24) is 18.6 Å². The van der Waals surface area contributed by atoms with Crippen LogP contribution in [0.15, 0.2) is 39.6 Å². The van der Waals surface area contributed by atoms with Gasteiger partial charge in [0.25, 0.3) is 0 Å². The summed E-state index contributed by atoms with van der Waals surface area (Å²) in [6.45, 7) is 7.29. The van der Waals surface area contributed by atoms with E-state index in [1.165, 1.54) is 4.57 Å². The molecule has 0 N–H and O–H groups in total. The number of aryl methyl sites for hydroxylation is 1. The van der Waals surface area contributed by atoms with E-state index >= 15 is 0 Å². The van der Waals surface area contributed by atoms with Crippen LogP contribution in [-0.4, -0.2) is 65.6 Å². The lowest BCUT2D eigenvalue weighted by Gasteiger charge is -2.29. The molecule has 3 heterocycles. The van der Waals surface area contributed by atoms with Gasteiger partial charge >= 0.3 is 5.69 Å². The highest BCUT2D eigenvalue weighted by Gasteiger charge is 2.40. The van der Waals surface area contributed by atoms with Crippen molar-refractivity contribution in [2.24, 2.45) is 5.92 Å². The van der Waals surface area contributed by atoms with E-state index in [9.17, 15) is 13.2 Å². The molecule has 11 heteroatoms. The lowest BCUT2D eigenvalue weighted by molar-refractivity contribution is 0.150. The molecule has 1 aliphatic carbocycles. The van der Waals surface area contributed by atoms with Crippen LogP contribution in [0.4, 0.5) is 0 Å². The van der Waals surface area contributed by atoms with Gasteiger partial charge in [-0.15, -0.1) is 0 Å². The molecular formula is C29H36N4O6S. The third-order valence-electron chi connectivity index (χ3n) is 7.82. The molecule has 0 amide bonds. The largest absolute Gasteiger partial charge is 0.493 e. The smallest absolute Gasteiger partial charge is 0.343 e. The van der Waals surface area contributed by atoms with Crippen molar-refractivity contribution in [3.8, 4) is 11.5 Å². The Morgan fingerprint density at radius 2 is 1.82 bits per heavy atom. The van der Waals surface area contributed by atoms with Gasteiger partial charge in [-0.1, -0.05) is 12.1 Å². The van der Waals surface area contributed by atoms with Gasteiger partial charge in [-0.05, 0) is 76.4 Å². The fourth-order valence-electron chi connectivity index (χ4n) is 5.61. The Morgan fingerprint density at radius 3 is 2.55 bits per heavy atom. The molecule has 1 saturated heterocycles. The SMILES string of the molecule is CCCOc1cc(Cn2c(=O)n(S(=O)(=O)C3CC3)c3cc4onc(C)c4cc32)cc(OCC2CCCN(C)C2)c1. The Kier molecular flexibility index (Phi) is 7.12. The van der Waals surface area contributed by atoms with E-state index in [4.69, 9.17) is 14.0 Å². The van der Waals surface area contributed by atoms with E-state index in [0.29, 0.717) is 65.8 Å². The van der Waals surface area contributed by atoms with Crippen LogP contribution in [0.1, 0.15) is 50.3 Å². The minimum absolute atomic E-state index is 0.157. The summed E-state index contributed by atoms with van der Waals surface area (Å²) < 4.78 is 46.9. The number of piperidine rings is 1. The van der Waals surface area contributed by atoms with Crippen LogP contribution in [0.3, 0.4) is 0 Å². The fourth-order valence-corrected chi connectivity index (χ4v) is 7.37. The molecule has 214 valence electrons. The predicted molar refractivity (Wildman–Crippen MR) is 153 cm³/mol. The van der Waals surface area contributed by atoms with Gasteiger partial charge < -0.3 is 18.9 Å². The number of nitrogens with zero attached hydrogens (tertiary/aromatic N) is 4. The normalized spacial score (nSPS) is 18.5. The maximum absolute atomic E-state index is 13.8. The third-order valence-corrected chi connectivity index (χ3v) is 10.00. The van der Waals surface area contributed by atoms with Crippen molar-refractivity contribution in [3.05, 3.63) is 52.1 Å². The molecule has 4 aromatic rings. The molecule has 1 unspecified atom stereocenters. The average molecular weight is 569 g/mol. The second-order valence-electron chi connectivity index (χ2n) is 11.2. The molecule has 1 atom stereocenters. The number of rotatable bonds is 10. The number of ether oxygens (including phenoxy) is 2. The maximum atomic E-state index is 13.8. The maximum Gasteiger partial charge on any atom is 0.343 e. The molecule has 40 heavy (non-hydrogen) atoms. The van der Waals surface area contributed by atoms with Crippen molar-refractivity contribution in [2.75, 3.05) is 33.4 Å². The highest BCUT2D eigenvalue weighted by atomic mass is 32.2. The molecule has 0 spiro atoms. The van der Waals surface area contributed by atoms with Crippen LogP contribution >= 0.6 is 0 Å². The zero-order chi connectivity index (χ0) is 28.0. The van der Waals surface area contributed by atoms with Gasteiger partial charge in [-0.25, -0.2) is 13.2 Å². The summed E-state index contributed by atoms with van der Waals surface area (Å²) in [5, 5.41) is 4.23. The summed E-state index contributed by atoms with van der Waals surface area (Å²) in [5.74, 6) is 1.79. The second kappa shape index (κ2) is 10.6. The first-order chi connectivity index (χ1) is 19.2. The monoisotopic (exact) mass is 568 g/mol. The van der Waals surface area contributed by atoms with E-state index in [2.05, 4.69) is 17.1 Å². The van der Waals surface area contributed by atoms with Crippen molar-refractivity contribution in [3.63, 3.8) is 0 Å². The van der Waals surface area contributed by atoms with Gasteiger partial charge in [-0.3, -0.25) is 4.57 Å². The van der Waals surface area contributed by atoms with Gasteiger partial charge in [0.05, 0.1) is 41.7 Å². The van der Waals surface area contributed by atoms with Crippen LogP contribution in [0, 0.1) is 12.8 Å². The summed E-state index contributed by atoms with van der Waals surface area (Å²) in [6.07, 6.45) is 4.25. The standard InChI is InChI=1S/C29H36N4O6S/c1-4-10-37-22-11-21(12-23(13-22)38-18-20-6-5-9-31(3)16-20)17-32-26-14-25-19(2)30-39-28(25)15-27(26)33(29(32)34)40(35,36)24-7-8-24/h11-15,20,24H,4-10,16-18H2,1-3H3. The first-order valence-corrected chi connectivity index (χ1v) is 15.6. The van der Waals surface area contributed by atoms with Crippen LogP contribution < -0.4 is 15.2 Å². The Balaban J connectivity index is 1.40. The molecule has 2 aliphatic rings. The van der Waals surface area contributed by atoms with Crippen LogP contribution in [0.2, 0.25) is 0 Å². The lowest BCUT2D eigenvalue weighted by Crippen LogP contribution is -2.34. The van der Waals surface area contributed by atoms with Crippen molar-refractivity contribution >= 4 is 32.0 Å². The molecule has 2 aromatic heterocycles. The number of fused-ring (bicyclic) bond motifs is 2. The molecular weight excluding hydrogens is 532 g/mol. The van der Waals surface area contributed by atoms with Gasteiger partial charge in [0.1, 0.15) is 11.5 Å². The zero-order valence-corrected chi connectivity index (χ0v) is 24.1. The van der Waals surface area contributed by atoms with Crippen LogP contribution in [0.25, 0.3) is 22.0 Å². The number of imidazole rings is 1. The van der Waals surface area contributed by atoms with Gasteiger partial charge in [0.15, 0.2) is 5.58 Å². The number of likely N-dealkylation sites (tertiary alicyclic amines) is 1. The molecule has 6 rings (SSSR count). The molecule has 0 radical (unpaired) electrons. The van der Waals surface area contributed by atoms with Crippen LogP contribution in [-0.2, 0) is 16.6 Å². The van der Waals surface area contributed by atoms with Crippen molar-refractivity contribution in [1.29, 1.82) is 0 Å². The zero-order valence-electron chi connectivity index (χ0n) is 23.3. The average Bonchev–Trinajstić information content (AvgIpc) is 3.69. The number of aromatic nitrogens is 3. The molecule has 2 fully saturated rings. The van der Waals surface area contributed by atoms with E-state index in [-0.39, 0.29) is 6.54 Å². The Hall–Kier alpha value is -3.31. The fraction of sp³-hybridized carbons (Fsp3) is 0.517. The number of hydrogen-bond donors (Lipinski definition) is 0. The Labute approximate surface area is 233 Å². The summed E-state index contributed by atoms with van der Waals surface area (Å²) in [7, 11) is -1.71. The minimum atomic E-state index is -3.84. The highest BCUT2D eigenvalue weighted by molar-refractivity contribution is 7.91. The summed E-state index contributed by atoms with van der Waals surface area (Å²) >= 11 is 0. The molecule has 0 bridgehead atoms. The summed E-state index contributed by atoms with van der Waals surface area (Å²) in [6, 6.07) is 9.11. The summed E-state index contributed by atoms with van der Waals surface area (Å²) in [5.41, 5.74) is 2.13. The van der Waals surface area contributed by atoms with Crippen molar-refractivity contribution < 1.29 is 22.4 Å². The highest BCUT2D eigenvalue weighted by Crippen LogP contribution is 2.33. The van der Waals surface area contributed by atoms with Crippen LogP contribution in [0.5, 0.6) is 11.5 Å². The van der Waals surface area contributed by atoms with E-state index in [1.54, 1.807) is 12.1 Å². The summed E-state index contributed by atoms with van der Waals surface area (Å²) in [4.78, 5) is 16.1. The van der Waals surface area contributed by atoms with Gasteiger partial charge in [0.2, 0.25) is 10.0 Å². The Morgan fingerprint density at radius 1 is 1.05 bits per heavy atom. The first-order valence-electron chi connectivity index (χ1n) is 14.1. The molecule has 1 saturated carbocycles. The molecule has 10 nitrogen and oxygen atoms in total. The quantitative estimate of drug-likeness (QED) is 0.281. The van der Waals surface area contributed by atoms with E-state index in [1.807, 2.05) is 32.0 Å². The predicted octanol–water partition coefficient (Wildman–Crippen LogP) is 4.15. The van der Waals surface area contributed by atoms with Gasteiger partial charge in [0, 0.05) is 30.0 Å². The molecule has 1 aliphatic heterocycles.